The third-order valence-electron chi connectivity index (χ3n) is 3.88. The monoisotopic (exact) mass is 370 g/mol. The molecule has 3 rings (SSSR count). The number of amides is 1. The van der Waals surface area contributed by atoms with Crippen LogP contribution in [0.3, 0.4) is 0 Å². The minimum Gasteiger partial charge on any atom is -0.343 e. The first-order valence-electron chi connectivity index (χ1n) is 7.89. The summed E-state index contributed by atoms with van der Waals surface area (Å²) in [5, 5.41) is 12.2. The van der Waals surface area contributed by atoms with Gasteiger partial charge in [-0.2, -0.15) is 5.10 Å². The van der Waals surface area contributed by atoms with Crippen LogP contribution in [0.5, 0.6) is 0 Å². The molecule has 1 heterocycles. The van der Waals surface area contributed by atoms with E-state index >= 15 is 0 Å². The molecule has 0 aliphatic heterocycles. The molecule has 1 aromatic heterocycles. The smallest absolute Gasteiger partial charge is 0.251 e. The highest BCUT2D eigenvalue weighted by molar-refractivity contribution is 7.89. The molecular formula is C18H18N4O3S. The van der Waals surface area contributed by atoms with Crippen molar-refractivity contribution in [3.8, 4) is 0 Å². The molecule has 7 nitrogen and oxygen atoms in total. The Bertz CT molecular complexity index is 969. The second-order valence-corrected chi connectivity index (χ2v) is 7.30. The molecule has 1 atom stereocenters. The summed E-state index contributed by atoms with van der Waals surface area (Å²) >= 11 is 0. The summed E-state index contributed by atoms with van der Waals surface area (Å²) in [4.78, 5) is 12.6. The van der Waals surface area contributed by atoms with Gasteiger partial charge in [-0.15, -0.1) is 0 Å². The lowest BCUT2D eigenvalue weighted by Gasteiger charge is -2.19. The number of benzene rings is 2. The summed E-state index contributed by atoms with van der Waals surface area (Å²) in [6.07, 6.45) is 3.50. The van der Waals surface area contributed by atoms with Crippen molar-refractivity contribution in [2.24, 2.45) is 5.14 Å². The number of aromatic nitrogens is 2. The normalized spacial score (nSPS) is 12.5. The minimum absolute atomic E-state index is 0.0369. The number of carbonyl (C=O) groups is 1. The van der Waals surface area contributed by atoms with E-state index in [1.807, 2.05) is 42.6 Å². The van der Waals surface area contributed by atoms with Crippen LogP contribution in [-0.4, -0.2) is 24.1 Å². The summed E-state index contributed by atoms with van der Waals surface area (Å²) in [6, 6.07) is 16.6. The van der Waals surface area contributed by atoms with Crippen molar-refractivity contribution in [1.82, 2.24) is 15.1 Å². The van der Waals surface area contributed by atoms with Crippen LogP contribution in [0.1, 0.15) is 22.0 Å². The van der Waals surface area contributed by atoms with Gasteiger partial charge in [-0.3, -0.25) is 9.48 Å². The zero-order valence-corrected chi connectivity index (χ0v) is 14.6. The third-order valence-corrected chi connectivity index (χ3v) is 4.81. The Balaban J connectivity index is 1.81. The Labute approximate surface area is 151 Å². The fourth-order valence-corrected chi connectivity index (χ4v) is 3.07. The molecule has 0 fully saturated rings. The van der Waals surface area contributed by atoms with E-state index in [-0.39, 0.29) is 16.8 Å². The second kappa shape index (κ2) is 7.51. The molecule has 134 valence electrons. The maximum Gasteiger partial charge on any atom is 0.251 e. The fourth-order valence-electron chi connectivity index (χ4n) is 2.55. The molecule has 1 amide bonds. The molecule has 0 radical (unpaired) electrons. The Morgan fingerprint density at radius 3 is 2.35 bits per heavy atom. The van der Waals surface area contributed by atoms with E-state index in [4.69, 9.17) is 5.14 Å². The number of rotatable bonds is 6. The van der Waals surface area contributed by atoms with Gasteiger partial charge in [0.25, 0.3) is 5.91 Å². The van der Waals surface area contributed by atoms with Crippen LogP contribution >= 0.6 is 0 Å². The predicted octanol–water partition coefficient (Wildman–Crippen LogP) is 1.70. The first-order chi connectivity index (χ1) is 12.4. The molecule has 0 saturated carbocycles. The number of carbonyl (C=O) groups excluding carboxylic acids is 1. The highest BCUT2D eigenvalue weighted by Crippen LogP contribution is 2.16. The van der Waals surface area contributed by atoms with E-state index in [9.17, 15) is 13.2 Å². The Kier molecular flexibility index (Phi) is 5.15. The molecule has 0 aliphatic rings. The minimum atomic E-state index is -3.79. The first-order valence-corrected chi connectivity index (χ1v) is 9.44. The Hall–Kier alpha value is -2.97. The van der Waals surface area contributed by atoms with Crippen LogP contribution in [0, 0.1) is 0 Å². The van der Waals surface area contributed by atoms with Crippen molar-refractivity contribution in [3.63, 3.8) is 0 Å². The lowest BCUT2D eigenvalue weighted by atomic mass is 10.1. The van der Waals surface area contributed by atoms with Crippen LogP contribution < -0.4 is 10.5 Å². The zero-order valence-electron chi connectivity index (χ0n) is 13.8. The van der Waals surface area contributed by atoms with Gasteiger partial charge in [-0.25, -0.2) is 13.6 Å². The number of primary sulfonamides is 1. The molecule has 2 aromatic carbocycles. The number of sulfonamides is 1. The first kappa shape index (κ1) is 17.8. The molecule has 3 aromatic rings. The van der Waals surface area contributed by atoms with Crippen molar-refractivity contribution >= 4 is 15.9 Å². The Morgan fingerprint density at radius 1 is 1.08 bits per heavy atom. The summed E-state index contributed by atoms with van der Waals surface area (Å²) in [5.74, 6) is -0.313. The van der Waals surface area contributed by atoms with Gasteiger partial charge in [0, 0.05) is 18.0 Å². The molecule has 3 N–H and O–H groups in total. The average Bonchev–Trinajstić information content (AvgIpc) is 3.14. The van der Waals surface area contributed by atoms with Crippen LogP contribution in [-0.2, 0) is 16.6 Å². The maximum atomic E-state index is 12.6. The summed E-state index contributed by atoms with van der Waals surface area (Å²) in [7, 11) is -3.79. The molecule has 8 heteroatoms. The number of nitrogens with one attached hydrogen (secondary N) is 1. The van der Waals surface area contributed by atoms with Gasteiger partial charge >= 0.3 is 0 Å². The fraction of sp³-hybridized carbons (Fsp3) is 0.111. The molecule has 0 saturated heterocycles. The Morgan fingerprint density at radius 2 is 1.77 bits per heavy atom. The molecule has 26 heavy (non-hydrogen) atoms. The van der Waals surface area contributed by atoms with Crippen LogP contribution in [0.4, 0.5) is 0 Å². The van der Waals surface area contributed by atoms with Crippen molar-refractivity contribution in [2.75, 3.05) is 0 Å². The molecule has 0 aliphatic carbocycles. The average molecular weight is 370 g/mol. The largest absolute Gasteiger partial charge is 0.343 e. The molecule has 0 bridgehead atoms. The summed E-state index contributed by atoms with van der Waals surface area (Å²) < 4.78 is 24.4. The van der Waals surface area contributed by atoms with E-state index in [0.717, 1.165) is 5.56 Å². The van der Waals surface area contributed by atoms with Gasteiger partial charge in [0.05, 0.1) is 17.5 Å². The number of nitrogens with two attached hydrogens (primary N) is 1. The molecule has 0 unspecified atom stereocenters. The standard InChI is InChI=1S/C18H18N4O3S/c19-26(24,25)16-9-7-15(8-10-16)18(23)21-17(13-22-12-4-11-20-22)14-5-2-1-3-6-14/h1-12,17H,13H2,(H,21,23)(H2,19,24,25)/t17-/m1/s1. The van der Waals surface area contributed by atoms with Gasteiger partial charge < -0.3 is 5.32 Å². The van der Waals surface area contributed by atoms with Crippen LogP contribution in [0.15, 0.2) is 78.0 Å². The predicted molar refractivity (Wildman–Crippen MR) is 96.7 cm³/mol. The van der Waals surface area contributed by atoms with E-state index in [2.05, 4.69) is 10.4 Å². The van der Waals surface area contributed by atoms with Crippen LogP contribution in [0.2, 0.25) is 0 Å². The second-order valence-electron chi connectivity index (χ2n) is 5.73. The maximum absolute atomic E-state index is 12.6. The van der Waals surface area contributed by atoms with Gasteiger partial charge in [-0.1, -0.05) is 30.3 Å². The third kappa shape index (κ3) is 4.35. The van der Waals surface area contributed by atoms with Gasteiger partial charge in [-0.05, 0) is 35.9 Å². The lowest BCUT2D eigenvalue weighted by molar-refractivity contribution is 0.0931. The number of hydrogen-bond donors (Lipinski definition) is 2. The van der Waals surface area contributed by atoms with E-state index in [1.54, 1.807) is 10.9 Å². The highest BCUT2D eigenvalue weighted by Gasteiger charge is 2.17. The molecule has 0 spiro atoms. The van der Waals surface area contributed by atoms with Crippen molar-refractivity contribution in [3.05, 3.63) is 84.2 Å². The number of hydrogen-bond acceptors (Lipinski definition) is 4. The van der Waals surface area contributed by atoms with Crippen molar-refractivity contribution in [1.29, 1.82) is 0 Å². The topological polar surface area (TPSA) is 107 Å². The number of nitrogens with zero attached hydrogens (tertiary/aromatic N) is 2. The van der Waals surface area contributed by atoms with Crippen molar-refractivity contribution < 1.29 is 13.2 Å². The quantitative estimate of drug-likeness (QED) is 0.688. The van der Waals surface area contributed by atoms with Gasteiger partial charge in [0.2, 0.25) is 10.0 Å². The van der Waals surface area contributed by atoms with E-state index < -0.39 is 10.0 Å². The van der Waals surface area contributed by atoms with E-state index in [1.165, 1.54) is 24.3 Å². The SMILES string of the molecule is NS(=O)(=O)c1ccc(C(=O)N[C@H](Cn2cccn2)c2ccccc2)cc1. The van der Waals surface area contributed by atoms with Crippen molar-refractivity contribution in [2.45, 2.75) is 17.5 Å². The summed E-state index contributed by atoms with van der Waals surface area (Å²) in [6.45, 7) is 0.470. The van der Waals surface area contributed by atoms with Crippen LogP contribution in [0.25, 0.3) is 0 Å². The molecular weight excluding hydrogens is 352 g/mol. The van der Waals surface area contributed by atoms with Gasteiger partial charge in [0.15, 0.2) is 0 Å². The van der Waals surface area contributed by atoms with E-state index in [0.29, 0.717) is 12.1 Å². The van der Waals surface area contributed by atoms with Gasteiger partial charge in [0.1, 0.15) is 0 Å². The highest BCUT2D eigenvalue weighted by atomic mass is 32.2. The zero-order chi connectivity index (χ0) is 18.6. The lowest BCUT2D eigenvalue weighted by Crippen LogP contribution is -2.31. The summed E-state index contributed by atoms with van der Waals surface area (Å²) in [5.41, 5.74) is 1.29.